The molecule has 2 N–H and O–H groups in total. The maximum absolute atomic E-state index is 13.7. The van der Waals surface area contributed by atoms with Gasteiger partial charge in [-0.2, -0.15) is 0 Å². The maximum Gasteiger partial charge on any atom is 0.480 e. The molecule has 0 aliphatic carbocycles. The Kier molecular flexibility index (Phi) is 3.65. The zero-order valence-electron chi connectivity index (χ0n) is 11.8. The molecule has 110 valence electrons. The lowest BCUT2D eigenvalue weighted by Crippen LogP contribution is -2.41. The van der Waals surface area contributed by atoms with Gasteiger partial charge in [-0.3, -0.25) is 0 Å². The van der Waals surface area contributed by atoms with Crippen LogP contribution in [-0.4, -0.2) is 18.3 Å². The zero-order valence-corrected chi connectivity index (χ0v) is 11.8. The molecule has 0 bridgehead atoms. The van der Waals surface area contributed by atoms with Crippen LogP contribution in [0.3, 0.4) is 0 Å². The van der Waals surface area contributed by atoms with E-state index in [4.69, 9.17) is 15.0 Å². The van der Waals surface area contributed by atoms with E-state index in [1.54, 1.807) is 27.7 Å². The molecule has 0 aromatic heterocycles. The second-order valence-corrected chi connectivity index (χ2v) is 5.91. The molecule has 1 aromatic carbocycles. The Hall–Kier alpha value is -1.05. The third-order valence-electron chi connectivity index (χ3n) is 3.98. The van der Waals surface area contributed by atoms with Gasteiger partial charge in [0.25, 0.3) is 0 Å². The molecule has 1 aliphatic heterocycles. The van der Waals surface area contributed by atoms with Gasteiger partial charge in [-0.25, -0.2) is 13.2 Å². The van der Waals surface area contributed by atoms with Crippen LogP contribution in [0.4, 0.5) is 13.2 Å². The summed E-state index contributed by atoms with van der Waals surface area (Å²) in [6, 6.07) is 1.55. The van der Waals surface area contributed by atoms with E-state index in [0.29, 0.717) is 6.07 Å². The normalized spacial score (nSPS) is 22.1. The molecule has 7 heteroatoms. The van der Waals surface area contributed by atoms with E-state index >= 15 is 0 Å². The first kappa shape index (κ1) is 15.3. The zero-order chi connectivity index (χ0) is 15.3. The van der Waals surface area contributed by atoms with Crippen molar-refractivity contribution in [2.75, 3.05) is 0 Å². The van der Waals surface area contributed by atoms with Gasteiger partial charge in [-0.05, 0) is 39.8 Å². The molecule has 1 saturated heterocycles. The van der Waals surface area contributed by atoms with Crippen molar-refractivity contribution in [2.24, 2.45) is 5.73 Å². The standard InChI is InChI=1S/C13H17BF3NO2/c1-12(2)13(3,4)20-14(19-12)11(18)9-7(15)5-6-8(16)10(9)17/h5-6,11H,18H2,1-4H3/t11-/m1/s1. The number of rotatable bonds is 2. The van der Waals surface area contributed by atoms with E-state index in [0.717, 1.165) is 6.07 Å². The molecule has 2 rings (SSSR count). The number of nitrogens with two attached hydrogens (primary N) is 1. The predicted molar refractivity (Wildman–Crippen MR) is 69.3 cm³/mol. The first-order valence-electron chi connectivity index (χ1n) is 6.31. The highest BCUT2D eigenvalue weighted by molar-refractivity contribution is 6.47. The number of benzene rings is 1. The van der Waals surface area contributed by atoms with Crippen molar-refractivity contribution in [3.8, 4) is 0 Å². The van der Waals surface area contributed by atoms with Crippen LogP contribution in [0, 0.1) is 17.5 Å². The molecule has 0 saturated carbocycles. The quantitative estimate of drug-likeness (QED) is 0.672. The fourth-order valence-corrected chi connectivity index (χ4v) is 2.02. The van der Waals surface area contributed by atoms with Crippen LogP contribution < -0.4 is 5.73 Å². The van der Waals surface area contributed by atoms with Crippen molar-refractivity contribution in [2.45, 2.75) is 44.8 Å². The molecular weight excluding hydrogens is 270 g/mol. The van der Waals surface area contributed by atoms with Crippen LogP contribution >= 0.6 is 0 Å². The third-order valence-corrected chi connectivity index (χ3v) is 3.98. The largest absolute Gasteiger partial charge is 0.480 e. The van der Waals surface area contributed by atoms with Crippen LogP contribution in [0.1, 0.15) is 39.2 Å². The van der Waals surface area contributed by atoms with E-state index < -0.39 is 47.3 Å². The average molecular weight is 287 g/mol. The summed E-state index contributed by atoms with van der Waals surface area (Å²) in [4.78, 5) is 0. The summed E-state index contributed by atoms with van der Waals surface area (Å²) in [5.41, 5.74) is 3.88. The molecule has 0 radical (unpaired) electrons. The molecule has 1 atom stereocenters. The highest BCUT2D eigenvalue weighted by atomic mass is 19.2. The maximum atomic E-state index is 13.7. The van der Waals surface area contributed by atoms with Crippen LogP contribution in [0.15, 0.2) is 12.1 Å². The van der Waals surface area contributed by atoms with Gasteiger partial charge in [-0.1, -0.05) is 0 Å². The SMILES string of the molecule is CC1(C)OB([C@H](N)c2c(F)ccc(F)c2F)OC1(C)C. The molecule has 20 heavy (non-hydrogen) atoms. The van der Waals surface area contributed by atoms with E-state index in [-0.39, 0.29) is 0 Å². The van der Waals surface area contributed by atoms with Gasteiger partial charge < -0.3 is 15.0 Å². The lowest BCUT2D eigenvalue weighted by atomic mass is 9.74. The van der Waals surface area contributed by atoms with Crippen LogP contribution in [0.25, 0.3) is 0 Å². The Morgan fingerprint density at radius 3 is 1.95 bits per heavy atom. The smallest absolute Gasteiger partial charge is 0.402 e. The topological polar surface area (TPSA) is 44.5 Å². The molecule has 0 unspecified atom stereocenters. The molecule has 1 heterocycles. The summed E-state index contributed by atoms with van der Waals surface area (Å²) < 4.78 is 52.0. The minimum absolute atomic E-state index is 0.566. The summed E-state index contributed by atoms with van der Waals surface area (Å²) >= 11 is 0. The number of hydrogen-bond donors (Lipinski definition) is 1. The summed E-state index contributed by atoms with van der Waals surface area (Å²) in [6.07, 6.45) is 0. The number of halogens is 3. The Labute approximate surface area is 116 Å². The molecule has 0 spiro atoms. The minimum atomic E-state index is -1.31. The Balaban J connectivity index is 2.35. The van der Waals surface area contributed by atoms with Gasteiger partial charge in [0, 0.05) is 5.56 Å². The highest BCUT2D eigenvalue weighted by Crippen LogP contribution is 2.40. The van der Waals surface area contributed by atoms with Gasteiger partial charge in [0.1, 0.15) is 5.82 Å². The first-order valence-corrected chi connectivity index (χ1v) is 6.31. The van der Waals surface area contributed by atoms with E-state index in [1.165, 1.54) is 0 Å². The van der Waals surface area contributed by atoms with Gasteiger partial charge in [0.15, 0.2) is 11.6 Å². The van der Waals surface area contributed by atoms with Crippen LogP contribution in [-0.2, 0) is 9.31 Å². The van der Waals surface area contributed by atoms with Crippen molar-refractivity contribution in [3.63, 3.8) is 0 Å². The summed E-state index contributed by atoms with van der Waals surface area (Å²) in [5, 5.41) is 0. The summed E-state index contributed by atoms with van der Waals surface area (Å²) in [5.74, 6) is -4.65. The minimum Gasteiger partial charge on any atom is -0.402 e. The van der Waals surface area contributed by atoms with E-state index in [1.807, 2.05) is 0 Å². The second-order valence-electron chi connectivity index (χ2n) is 5.91. The summed E-state index contributed by atoms with van der Waals surface area (Å²) in [6.45, 7) is 7.16. The summed E-state index contributed by atoms with van der Waals surface area (Å²) in [7, 11) is -1.05. The van der Waals surface area contributed by atoms with Crippen molar-refractivity contribution in [1.82, 2.24) is 0 Å². The van der Waals surface area contributed by atoms with Gasteiger partial charge in [0.05, 0.1) is 17.1 Å². The fraction of sp³-hybridized carbons (Fsp3) is 0.538. The average Bonchev–Trinajstić information content (AvgIpc) is 2.54. The lowest BCUT2D eigenvalue weighted by molar-refractivity contribution is 0.00578. The third kappa shape index (κ3) is 2.34. The van der Waals surface area contributed by atoms with Crippen LogP contribution in [0.2, 0.25) is 0 Å². The Bertz CT molecular complexity index is 521. The second kappa shape index (κ2) is 4.75. The Morgan fingerprint density at radius 1 is 1.00 bits per heavy atom. The molecular formula is C13H17BF3NO2. The van der Waals surface area contributed by atoms with Crippen LogP contribution in [0.5, 0.6) is 0 Å². The molecule has 1 aliphatic rings. The monoisotopic (exact) mass is 287 g/mol. The molecule has 1 fully saturated rings. The number of hydrogen-bond acceptors (Lipinski definition) is 3. The first-order chi connectivity index (χ1) is 9.07. The molecule has 0 amide bonds. The van der Waals surface area contributed by atoms with E-state index in [9.17, 15) is 13.2 Å². The van der Waals surface area contributed by atoms with E-state index in [2.05, 4.69) is 0 Å². The van der Waals surface area contributed by atoms with Crippen molar-refractivity contribution in [3.05, 3.63) is 35.1 Å². The van der Waals surface area contributed by atoms with Gasteiger partial charge in [-0.15, -0.1) is 0 Å². The highest BCUT2D eigenvalue weighted by Gasteiger charge is 2.54. The predicted octanol–water partition coefficient (Wildman–Crippen LogP) is 2.74. The Morgan fingerprint density at radius 2 is 1.45 bits per heavy atom. The molecule has 1 aromatic rings. The van der Waals surface area contributed by atoms with Crippen molar-refractivity contribution in [1.29, 1.82) is 0 Å². The fourth-order valence-electron chi connectivity index (χ4n) is 2.02. The van der Waals surface area contributed by atoms with Crippen molar-refractivity contribution < 1.29 is 22.5 Å². The van der Waals surface area contributed by atoms with Crippen molar-refractivity contribution >= 4 is 7.12 Å². The van der Waals surface area contributed by atoms with Gasteiger partial charge >= 0.3 is 7.12 Å². The van der Waals surface area contributed by atoms with Gasteiger partial charge in [0.2, 0.25) is 0 Å². The lowest BCUT2D eigenvalue weighted by Gasteiger charge is -2.32. The molecule has 3 nitrogen and oxygen atoms in total.